The second-order valence-electron chi connectivity index (χ2n) is 4.55. The number of carbonyl (C=O) groups is 1. The highest BCUT2D eigenvalue weighted by atomic mass is 32.2. The monoisotopic (exact) mass is 354 g/mol. The van der Waals surface area contributed by atoms with Gasteiger partial charge in [0.05, 0.1) is 20.3 Å². The molecular formula is C15H22N4O4S. The lowest BCUT2D eigenvalue weighted by Crippen LogP contribution is -2.06. The maximum Gasteiger partial charge on any atom is 0.300 e. The largest absolute Gasteiger partial charge is 0.497 e. The van der Waals surface area contributed by atoms with Crippen LogP contribution < -0.4 is 15.2 Å². The van der Waals surface area contributed by atoms with Gasteiger partial charge >= 0.3 is 0 Å². The molecule has 0 aliphatic carbocycles. The number of aliphatic carboxylic acids is 1. The Labute approximate surface area is 145 Å². The molecule has 1 heterocycles. The van der Waals surface area contributed by atoms with Gasteiger partial charge in [0.2, 0.25) is 0 Å². The number of nitrogens with zero attached hydrogens (tertiary/aromatic N) is 3. The highest BCUT2D eigenvalue weighted by Gasteiger charge is 2.07. The van der Waals surface area contributed by atoms with Gasteiger partial charge in [-0.15, -0.1) is 10.2 Å². The van der Waals surface area contributed by atoms with Crippen molar-refractivity contribution in [1.29, 1.82) is 0 Å². The normalized spacial score (nSPS) is 9.83. The Morgan fingerprint density at radius 3 is 2.38 bits per heavy atom. The number of hydrogen-bond acceptors (Lipinski definition) is 7. The Morgan fingerprint density at radius 2 is 1.88 bits per heavy atom. The molecule has 0 atom stereocenters. The Balaban J connectivity index is 0.000000648. The summed E-state index contributed by atoms with van der Waals surface area (Å²) in [6.45, 7) is 2.08. The van der Waals surface area contributed by atoms with Crippen LogP contribution in [0.3, 0.4) is 0 Å². The molecule has 0 unspecified atom stereocenters. The quantitative estimate of drug-likeness (QED) is 0.569. The van der Waals surface area contributed by atoms with E-state index in [9.17, 15) is 0 Å². The first-order valence-electron chi connectivity index (χ1n) is 7.15. The third-order valence-corrected chi connectivity index (χ3v) is 3.73. The molecule has 2 aromatic rings. The molecule has 9 heteroatoms. The van der Waals surface area contributed by atoms with Crippen molar-refractivity contribution >= 4 is 17.7 Å². The van der Waals surface area contributed by atoms with E-state index in [1.54, 1.807) is 18.9 Å². The number of rotatable bonds is 7. The molecule has 0 saturated carbocycles. The minimum absolute atomic E-state index is 0.395. The van der Waals surface area contributed by atoms with Crippen molar-refractivity contribution in [2.45, 2.75) is 18.6 Å². The summed E-state index contributed by atoms with van der Waals surface area (Å²) in [6, 6.07) is 7.52. The highest BCUT2D eigenvalue weighted by Crippen LogP contribution is 2.19. The summed E-state index contributed by atoms with van der Waals surface area (Å²) in [6.07, 6.45) is 0. The topological polar surface area (TPSA) is 112 Å². The van der Waals surface area contributed by atoms with Crippen LogP contribution in [-0.4, -0.2) is 45.3 Å². The van der Waals surface area contributed by atoms with Crippen LogP contribution >= 0.6 is 11.8 Å². The van der Waals surface area contributed by atoms with E-state index >= 15 is 0 Å². The van der Waals surface area contributed by atoms with Crippen LogP contribution in [0.1, 0.15) is 12.7 Å². The van der Waals surface area contributed by atoms with Crippen LogP contribution in [0.2, 0.25) is 0 Å². The van der Waals surface area contributed by atoms with Gasteiger partial charge in [-0.1, -0.05) is 11.8 Å². The molecule has 8 nitrogen and oxygen atoms in total. The predicted octanol–water partition coefficient (Wildman–Crippen LogP) is 1.54. The van der Waals surface area contributed by atoms with Gasteiger partial charge in [0.15, 0.2) is 5.16 Å². The zero-order chi connectivity index (χ0) is 17.9. The smallest absolute Gasteiger partial charge is 0.300 e. The maximum absolute atomic E-state index is 9.00. The van der Waals surface area contributed by atoms with Crippen LogP contribution in [0.25, 0.3) is 0 Å². The lowest BCUT2D eigenvalue weighted by atomic mass is 10.3. The van der Waals surface area contributed by atoms with Crippen LogP contribution in [0.15, 0.2) is 29.4 Å². The molecule has 1 aromatic carbocycles. The number of methoxy groups -OCH3 is 1. The molecule has 0 aliphatic rings. The van der Waals surface area contributed by atoms with Crippen molar-refractivity contribution in [3.63, 3.8) is 0 Å². The van der Waals surface area contributed by atoms with Gasteiger partial charge in [-0.05, 0) is 24.3 Å². The predicted molar refractivity (Wildman–Crippen MR) is 91.4 cm³/mol. The summed E-state index contributed by atoms with van der Waals surface area (Å²) in [4.78, 5) is 9.00. The van der Waals surface area contributed by atoms with Crippen molar-refractivity contribution in [2.24, 2.45) is 12.8 Å². The van der Waals surface area contributed by atoms with Crippen molar-refractivity contribution in [2.75, 3.05) is 19.5 Å². The van der Waals surface area contributed by atoms with Gasteiger partial charge in [-0.25, -0.2) is 0 Å². The average molecular weight is 354 g/mol. The van der Waals surface area contributed by atoms with Gasteiger partial charge < -0.3 is 24.9 Å². The molecule has 0 bridgehead atoms. The first-order chi connectivity index (χ1) is 11.5. The summed E-state index contributed by atoms with van der Waals surface area (Å²) < 4.78 is 12.6. The summed E-state index contributed by atoms with van der Waals surface area (Å²) in [5.74, 6) is 2.39. The minimum atomic E-state index is -0.833. The number of benzene rings is 1. The van der Waals surface area contributed by atoms with Crippen molar-refractivity contribution in [3.8, 4) is 11.5 Å². The Kier molecular flexibility index (Phi) is 8.66. The van der Waals surface area contributed by atoms with E-state index in [-0.39, 0.29) is 0 Å². The van der Waals surface area contributed by atoms with E-state index in [2.05, 4.69) is 10.2 Å². The fourth-order valence-electron chi connectivity index (χ4n) is 1.61. The Hall–Kier alpha value is -2.26. The second-order valence-corrected chi connectivity index (χ2v) is 5.62. The van der Waals surface area contributed by atoms with E-state index in [1.165, 1.54) is 0 Å². The fraction of sp³-hybridized carbons (Fsp3) is 0.400. The maximum atomic E-state index is 9.00. The summed E-state index contributed by atoms with van der Waals surface area (Å²) >= 11 is 1.59. The first kappa shape index (κ1) is 19.8. The minimum Gasteiger partial charge on any atom is -0.497 e. The highest BCUT2D eigenvalue weighted by molar-refractivity contribution is 7.99. The lowest BCUT2D eigenvalue weighted by molar-refractivity contribution is -0.134. The van der Waals surface area contributed by atoms with Gasteiger partial charge in [-0.2, -0.15) is 0 Å². The molecule has 0 saturated heterocycles. The fourth-order valence-corrected chi connectivity index (χ4v) is 2.36. The van der Waals surface area contributed by atoms with Crippen LogP contribution in [0, 0.1) is 0 Å². The lowest BCUT2D eigenvalue weighted by Gasteiger charge is -2.06. The molecule has 2 rings (SSSR count). The van der Waals surface area contributed by atoms with Gasteiger partial charge in [0.25, 0.3) is 5.97 Å². The third kappa shape index (κ3) is 6.88. The Bertz CT molecular complexity index is 627. The Morgan fingerprint density at radius 1 is 1.29 bits per heavy atom. The van der Waals surface area contributed by atoms with Crippen LogP contribution in [0.4, 0.5) is 0 Å². The van der Waals surface area contributed by atoms with Crippen molar-refractivity contribution in [1.82, 2.24) is 14.8 Å². The molecule has 3 N–H and O–H groups in total. The van der Waals surface area contributed by atoms with Crippen LogP contribution in [0.5, 0.6) is 11.5 Å². The second kappa shape index (κ2) is 10.5. The summed E-state index contributed by atoms with van der Waals surface area (Å²) in [7, 11) is 3.55. The third-order valence-electron chi connectivity index (χ3n) is 2.75. The molecule has 24 heavy (non-hydrogen) atoms. The van der Waals surface area contributed by atoms with E-state index in [4.69, 9.17) is 25.1 Å². The van der Waals surface area contributed by atoms with Gasteiger partial charge in [-0.3, -0.25) is 4.79 Å². The number of carboxylic acid groups (broad SMARTS) is 1. The standard InChI is InChI=1S/C13H18N4O2S.C2H4O2/c1-17-12(9-14)15-16-13(17)20-8-7-19-11-5-3-10(18-2)4-6-11;1-2(3)4/h3-6H,7-9,14H2,1-2H3;1H3,(H,3,4). The molecule has 0 aliphatic heterocycles. The molecular weight excluding hydrogens is 332 g/mol. The van der Waals surface area contributed by atoms with Gasteiger partial charge in [0.1, 0.15) is 17.3 Å². The first-order valence-corrected chi connectivity index (χ1v) is 8.14. The number of nitrogens with two attached hydrogens (primary N) is 1. The number of hydrogen-bond donors (Lipinski definition) is 2. The number of thioether (sulfide) groups is 1. The zero-order valence-electron chi connectivity index (χ0n) is 13.9. The van der Waals surface area contributed by atoms with E-state index < -0.39 is 5.97 Å². The molecule has 0 amide bonds. The van der Waals surface area contributed by atoms with Crippen molar-refractivity contribution in [3.05, 3.63) is 30.1 Å². The molecule has 132 valence electrons. The van der Waals surface area contributed by atoms with Crippen molar-refractivity contribution < 1.29 is 19.4 Å². The molecule has 0 spiro atoms. The van der Waals surface area contributed by atoms with E-state index in [1.807, 2.05) is 35.9 Å². The van der Waals surface area contributed by atoms with E-state index in [0.717, 1.165) is 35.2 Å². The molecule has 0 radical (unpaired) electrons. The number of ether oxygens (including phenoxy) is 2. The summed E-state index contributed by atoms with van der Waals surface area (Å²) in [5.41, 5.74) is 5.55. The SMILES string of the molecule is CC(=O)O.COc1ccc(OCCSc2nnc(CN)n2C)cc1. The van der Waals surface area contributed by atoms with Gasteiger partial charge in [0, 0.05) is 19.7 Å². The molecule has 0 fully saturated rings. The zero-order valence-corrected chi connectivity index (χ0v) is 14.7. The molecule has 1 aromatic heterocycles. The van der Waals surface area contributed by atoms with E-state index in [0.29, 0.717) is 13.2 Å². The number of aromatic nitrogens is 3. The van der Waals surface area contributed by atoms with Crippen LogP contribution in [-0.2, 0) is 18.4 Å². The average Bonchev–Trinajstić information content (AvgIpc) is 2.92. The summed E-state index contributed by atoms with van der Waals surface area (Å²) in [5, 5.41) is 16.3. The number of carboxylic acids is 1.